The smallest absolute Gasteiger partial charge is 0.306 e. The van der Waals surface area contributed by atoms with E-state index < -0.39 is 17.9 Å². The van der Waals surface area contributed by atoms with Crippen LogP contribution in [0.2, 0.25) is 0 Å². The minimum absolute atomic E-state index is 0.0597. The molecule has 0 N–H and O–H groups in total. The number of rotatable bonds is 9. The normalized spacial score (nSPS) is 12.1. The Morgan fingerprint density at radius 1 is 1.05 bits per heavy atom. The van der Waals surface area contributed by atoms with Crippen LogP contribution >= 0.6 is 0 Å². The highest BCUT2D eigenvalue weighted by molar-refractivity contribution is 5.89. The zero-order valence-corrected chi connectivity index (χ0v) is 12.2. The predicted molar refractivity (Wildman–Crippen MR) is 70.5 cm³/mol. The number of unbranched alkanes of at least 4 members (excludes halogenated alkanes) is 1. The van der Waals surface area contributed by atoms with Crippen LogP contribution in [0, 0.1) is 11.8 Å². The minimum Gasteiger partial charge on any atom is -0.469 e. The highest BCUT2D eigenvalue weighted by Gasteiger charge is 2.27. The van der Waals surface area contributed by atoms with Gasteiger partial charge in [-0.05, 0) is 6.42 Å². The maximum atomic E-state index is 11.9. The summed E-state index contributed by atoms with van der Waals surface area (Å²) in [6.07, 6.45) is 1.60. The van der Waals surface area contributed by atoms with Crippen LogP contribution in [0.3, 0.4) is 0 Å². The molecule has 0 bridgehead atoms. The molecule has 0 radical (unpaired) electrons. The van der Waals surface area contributed by atoms with Crippen molar-refractivity contribution in [2.45, 2.75) is 46.5 Å². The van der Waals surface area contributed by atoms with Crippen LogP contribution in [0.15, 0.2) is 0 Å². The van der Waals surface area contributed by atoms with Gasteiger partial charge in [-0.25, -0.2) is 0 Å². The van der Waals surface area contributed by atoms with E-state index in [-0.39, 0.29) is 24.5 Å². The Bertz CT molecular complexity index is 309. The molecule has 0 aromatic rings. The fraction of sp³-hybridized carbons (Fsp3) is 0.786. The largest absolute Gasteiger partial charge is 0.469 e. The molecule has 0 aliphatic rings. The number of hydrogen-bond donors (Lipinski definition) is 0. The molecular formula is C14H24O5. The van der Waals surface area contributed by atoms with Gasteiger partial charge in [-0.1, -0.05) is 27.2 Å². The number of methoxy groups -OCH3 is 1. The summed E-state index contributed by atoms with van der Waals surface area (Å²) in [5.41, 5.74) is 0. The first-order valence-electron chi connectivity index (χ1n) is 6.68. The van der Waals surface area contributed by atoms with Crippen molar-refractivity contribution in [3.8, 4) is 0 Å². The highest BCUT2D eigenvalue weighted by atomic mass is 16.5. The standard InChI is InChI=1S/C14H24O5/c1-5-6-7-19-13(16)9-11(8-12(15)18-4)14(17)10(2)3/h10-11H,5-9H2,1-4H3/t11-/m0/s1. The quantitative estimate of drug-likeness (QED) is 0.475. The summed E-state index contributed by atoms with van der Waals surface area (Å²) in [5, 5.41) is 0. The van der Waals surface area contributed by atoms with E-state index in [4.69, 9.17) is 4.74 Å². The van der Waals surface area contributed by atoms with Gasteiger partial charge in [0.1, 0.15) is 5.78 Å². The summed E-state index contributed by atoms with van der Waals surface area (Å²) >= 11 is 0. The Kier molecular flexibility index (Phi) is 8.83. The Hall–Kier alpha value is -1.39. The van der Waals surface area contributed by atoms with Crippen LogP contribution in [-0.2, 0) is 23.9 Å². The molecule has 0 aliphatic heterocycles. The molecule has 0 fully saturated rings. The number of carbonyl (C=O) groups is 3. The van der Waals surface area contributed by atoms with Crippen LogP contribution in [-0.4, -0.2) is 31.4 Å². The summed E-state index contributed by atoms with van der Waals surface area (Å²) in [6.45, 7) is 5.84. The molecule has 1 atom stereocenters. The molecule has 5 nitrogen and oxygen atoms in total. The average molecular weight is 272 g/mol. The van der Waals surface area contributed by atoms with E-state index in [0.29, 0.717) is 6.61 Å². The maximum absolute atomic E-state index is 11.9. The highest BCUT2D eigenvalue weighted by Crippen LogP contribution is 2.17. The Morgan fingerprint density at radius 3 is 2.11 bits per heavy atom. The lowest BCUT2D eigenvalue weighted by molar-refractivity contribution is -0.149. The van der Waals surface area contributed by atoms with Crippen molar-refractivity contribution in [3.05, 3.63) is 0 Å². The Balaban J connectivity index is 4.45. The van der Waals surface area contributed by atoms with Gasteiger partial charge in [-0.3, -0.25) is 14.4 Å². The predicted octanol–water partition coefficient (Wildman–Crippen LogP) is 2.12. The fourth-order valence-electron chi connectivity index (χ4n) is 1.62. The van der Waals surface area contributed by atoms with E-state index in [0.717, 1.165) is 12.8 Å². The maximum Gasteiger partial charge on any atom is 0.306 e. The monoisotopic (exact) mass is 272 g/mol. The van der Waals surface area contributed by atoms with E-state index in [1.54, 1.807) is 13.8 Å². The van der Waals surface area contributed by atoms with Crippen molar-refractivity contribution >= 4 is 17.7 Å². The Labute approximate surface area is 114 Å². The van der Waals surface area contributed by atoms with Gasteiger partial charge in [0.25, 0.3) is 0 Å². The van der Waals surface area contributed by atoms with Crippen LogP contribution in [0.25, 0.3) is 0 Å². The topological polar surface area (TPSA) is 69.7 Å². The summed E-state index contributed by atoms with van der Waals surface area (Å²) in [6, 6.07) is 0. The van der Waals surface area contributed by atoms with E-state index in [1.807, 2.05) is 6.92 Å². The van der Waals surface area contributed by atoms with Gasteiger partial charge in [0.15, 0.2) is 0 Å². The molecular weight excluding hydrogens is 248 g/mol. The van der Waals surface area contributed by atoms with Gasteiger partial charge in [0.05, 0.1) is 26.6 Å². The third-order valence-electron chi connectivity index (χ3n) is 2.79. The summed E-state index contributed by atoms with van der Waals surface area (Å²) in [5.74, 6) is -1.91. The van der Waals surface area contributed by atoms with Gasteiger partial charge in [-0.15, -0.1) is 0 Å². The molecule has 0 spiro atoms. The van der Waals surface area contributed by atoms with Gasteiger partial charge < -0.3 is 9.47 Å². The number of ketones is 1. The molecule has 0 aromatic carbocycles. The second kappa shape index (κ2) is 9.53. The first-order chi connectivity index (χ1) is 8.92. The molecule has 0 saturated carbocycles. The lowest BCUT2D eigenvalue weighted by Crippen LogP contribution is -2.26. The summed E-state index contributed by atoms with van der Waals surface area (Å²) in [7, 11) is 1.26. The second-order valence-electron chi connectivity index (χ2n) is 4.81. The van der Waals surface area contributed by atoms with Crippen LogP contribution in [0.4, 0.5) is 0 Å². The van der Waals surface area contributed by atoms with E-state index in [9.17, 15) is 14.4 Å². The molecule has 0 amide bonds. The Morgan fingerprint density at radius 2 is 1.63 bits per heavy atom. The third-order valence-corrected chi connectivity index (χ3v) is 2.79. The van der Waals surface area contributed by atoms with Crippen molar-refractivity contribution in [1.82, 2.24) is 0 Å². The fourth-order valence-corrected chi connectivity index (χ4v) is 1.62. The van der Waals surface area contributed by atoms with Crippen molar-refractivity contribution in [2.75, 3.05) is 13.7 Å². The molecule has 0 unspecified atom stereocenters. The molecule has 110 valence electrons. The van der Waals surface area contributed by atoms with Crippen LogP contribution in [0.5, 0.6) is 0 Å². The first kappa shape index (κ1) is 17.6. The van der Waals surface area contributed by atoms with Crippen LogP contribution in [0.1, 0.15) is 46.5 Å². The SMILES string of the molecule is CCCCOC(=O)C[C@H](CC(=O)OC)C(=O)C(C)C. The molecule has 0 aromatic heterocycles. The zero-order chi connectivity index (χ0) is 14.8. The number of carbonyl (C=O) groups excluding carboxylic acids is 3. The van der Waals surface area contributed by atoms with Gasteiger partial charge in [0, 0.05) is 11.8 Å². The second-order valence-corrected chi connectivity index (χ2v) is 4.81. The van der Waals surface area contributed by atoms with Crippen molar-refractivity contribution in [1.29, 1.82) is 0 Å². The zero-order valence-electron chi connectivity index (χ0n) is 12.2. The first-order valence-corrected chi connectivity index (χ1v) is 6.68. The molecule has 0 rings (SSSR count). The van der Waals surface area contributed by atoms with E-state index in [2.05, 4.69) is 4.74 Å². The number of ether oxygens (including phenoxy) is 2. The van der Waals surface area contributed by atoms with Gasteiger partial charge in [0.2, 0.25) is 0 Å². The van der Waals surface area contributed by atoms with E-state index in [1.165, 1.54) is 7.11 Å². The third kappa shape index (κ3) is 7.59. The van der Waals surface area contributed by atoms with Crippen LogP contribution < -0.4 is 0 Å². The summed E-state index contributed by atoms with van der Waals surface area (Å²) in [4.78, 5) is 34.8. The number of esters is 2. The molecule has 19 heavy (non-hydrogen) atoms. The summed E-state index contributed by atoms with van der Waals surface area (Å²) < 4.78 is 9.56. The molecule has 0 heterocycles. The van der Waals surface area contributed by atoms with Crippen molar-refractivity contribution < 1.29 is 23.9 Å². The van der Waals surface area contributed by atoms with Gasteiger partial charge in [-0.2, -0.15) is 0 Å². The lowest BCUT2D eigenvalue weighted by Gasteiger charge is -2.16. The molecule has 5 heteroatoms. The lowest BCUT2D eigenvalue weighted by atomic mass is 9.90. The molecule has 0 aliphatic carbocycles. The average Bonchev–Trinajstić information content (AvgIpc) is 2.37. The van der Waals surface area contributed by atoms with E-state index >= 15 is 0 Å². The minimum atomic E-state index is -0.651. The van der Waals surface area contributed by atoms with Crippen molar-refractivity contribution in [3.63, 3.8) is 0 Å². The molecule has 0 saturated heterocycles. The number of hydrogen-bond acceptors (Lipinski definition) is 5. The van der Waals surface area contributed by atoms with Gasteiger partial charge >= 0.3 is 11.9 Å². The van der Waals surface area contributed by atoms with Crippen molar-refractivity contribution in [2.24, 2.45) is 11.8 Å². The number of Topliss-reactive ketones (excluding diaryl/α,β-unsaturated/α-hetero) is 1.